The number of carbonyl (C=O) groups excluding carboxylic acids is 2. The zero-order valence-electron chi connectivity index (χ0n) is 18.3. The first-order valence-corrected chi connectivity index (χ1v) is 11.6. The number of likely N-dealkylation sites (tertiary alicyclic amines) is 1. The van der Waals surface area contributed by atoms with Gasteiger partial charge in [0.05, 0.1) is 0 Å². The molecule has 0 unspecified atom stereocenters. The highest BCUT2D eigenvalue weighted by Gasteiger charge is 2.36. The SMILES string of the molecule is CNC(=O)c1ccc(-c2ccc3c(c2)CCN([C@@H]2CCN(C4CCCC4)C2)C3=O)cc1. The predicted molar refractivity (Wildman–Crippen MR) is 122 cm³/mol. The zero-order valence-corrected chi connectivity index (χ0v) is 18.3. The van der Waals surface area contributed by atoms with Crippen LogP contribution in [-0.2, 0) is 6.42 Å². The van der Waals surface area contributed by atoms with Crippen LogP contribution in [0.3, 0.4) is 0 Å². The zero-order chi connectivity index (χ0) is 21.4. The van der Waals surface area contributed by atoms with Gasteiger partial charge in [0.2, 0.25) is 0 Å². The number of rotatable bonds is 4. The minimum Gasteiger partial charge on any atom is -0.355 e. The maximum atomic E-state index is 13.3. The molecule has 3 aliphatic rings. The molecule has 1 atom stereocenters. The molecule has 5 heteroatoms. The van der Waals surface area contributed by atoms with Crippen LogP contribution in [0, 0.1) is 0 Å². The lowest BCUT2D eigenvalue weighted by atomic mass is 9.93. The van der Waals surface area contributed by atoms with Crippen molar-refractivity contribution in [1.82, 2.24) is 15.1 Å². The van der Waals surface area contributed by atoms with Gasteiger partial charge < -0.3 is 10.2 Å². The van der Waals surface area contributed by atoms with Crippen LogP contribution in [0.15, 0.2) is 42.5 Å². The third kappa shape index (κ3) is 3.87. The summed E-state index contributed by atoms with van der Waals surface area (Å²) in [6, 6.07) is 14.9. The molecule has 2 aliphatic heterocycles. The Balaban J connectivity index is 1.30. The standard InChI is InChI=1S/C26H31N3O2/c1-27-25(30)19-8-6-18(7-9-19)20-10-11-24-21(16-20)12-15-29(26(24)31)23-13-14-28(17-23)22-4-2-3-5-22/h6-11,16,22-23H,2-5,12-15,17H2,1H3,(H,27,30)/t23-/m1/s1. The molecule has 1 N–H and O–H groups in total. The molecule has 1 saturated heterocycles. The van der Waals surface area contributed by atoms with Crippen molar-refractivity contribution in [3.63, 3.8) is 0 Å². The van der Waals surface area contributed by atoms with Crippen LogP contribution in [0.5, 0.6) is 0 Å². The third-order valence-corrected chi connectivity index (χ3v) is 7.40. The quantitative estimate of drug-likeness (QED) is 0.825. The number of nitrogens with zero attached hydrogens (tertiary/aromatic N) is 2. The van der Waals surface area contributed by atoms with Crippen LogP contribution in [0.1, 0.15) is 58.4 Å². The van der Waals surface area contributed by atoms with Crippen LogP contribution in [0.2, 0.25) is 0 Å². The van der Waals surface area contributed by atoms with Gasteiger partial charge in [-0.1, -0.05) is 37.1 Å². The topological polar surface area (TPSA) is 52.7 Å². The summed E-state index contributed by atoms with van der Waals surface area (Å²) in [5.41, 5.74) is 4.80. The second kappa shape index (κ2) is 8.46. The molecule has 2 aromatic rings. The van der Waals surface area contributed by atoms with Gasteiger partial charge in [-0.05, 0) is 60.6 Å². The van der Waals surface area contributed by atoms with Gasteiger partial charge in [0.25, 0.3) is 11.8 Å². The molecule has 5 nitrogen and oxygen atoms in total. The second-order valence-electron chi connectivity index (χ2n) is 9.15. The van der Waals surface area contributed by atoms with E-state index in [1.165, 1.54) is 25.7 Å². The summed E-state index contributed by atoms with van der Waals surface area (Å²) in [6.45, 7) is 2.99. The van der Waals surface area contributed by atoms with Gasteiger partial charge in [-0.3, -0.25) is 14.5 Å². The van der Waals surface area contributed by atoms with Gasteiger partial charge in [-0.15, -0.1) is 0 Å². The van der Waals surface area contributed by atoms with E-state index in [1.807, 2.05) is 36.4 Å². The molecule has 0 spiro atoms. The normalized spacial score (nSPS) is 22.0. The summed E-state index contributed by atoms with van der Waals surface area (Å²) in [6.07, 6.45) is 7.39. The monoisotopic (exact) mass is 417 g/mol. The van der Waals surface area contributed by atoms with Crippen LogP contribution < -0.4 is 5.32 Å². The Morgan fingerprint density at radius 2 is 1.68 bits per heavy atom. The maximum Gasteiger partial charge on any atom is 0.254 e. The Bertz CT molecular complexity index is 979. The Labute approximate surface area is 184 Å². The van der Waals surface area contributed by atoms with E-state index >= 15 is 0 Å². The fourth-order valence-electron chi connectivity index (χ4n) is 5.62. The van der Waals surface area contributed by atoms with Gasteiger partial charge in [0.15, 0.2) is 0 Å². The molecule has 2 amide bonds. The number of hydrogen-bond donors (Lipinski definition) is 1. The average Bonchev–Trinajstić information content (AvgIpc) is 3.51. The van der Waals surface area contributed by atoms with Crippen molar-refractivity contribution >= 4 is 11.8 Å². The molecule has 1 aliphatic carbocycles. The fraction of sp³-hybridized carbons (Fsp3) is 0.462. The molecule has 1 saturated carbocycles. The third-order valence-electron chi connectivity index (χ3n) is 7.40. The van der Waals surface area contributed by atoms with Gasteiger partial charge in [0, 0.05) is 49.9 Å². The van der Waals surface area contributed by atoms with E-state index in [2.05, 4.69) is 21.2 Å². The highest BCUT2D eigenvalue weighted by atomic mass is 16.2. The molecule has 0 aromatic heterocycles. The summed E-state index contributed by atoms with van der Waals surface area (Å²) in [4.78, 5) is 29.8. The van der Waals surface area contributed by atoms with E-state index < -0.39 is 0 Å². The number of nitrogens with one attached hydrogen (secondary N) is 1. The minimum atomic E-state index is -0.0823. The van der Waals surface area contributed by atoms with Gasteiger partial charge >= 0.3 is 0 Å². The van der Waals surface area contributed by atoms with Gasteiger partial charge in [-0.25, -0.2) is 0 Å². The van der Waals surface area contributed by atoms with Crippen LogP contribution in [0.4, 0.5) is 0 Å². The first kappa shape index (κ1) is 20.3. The van der Waals surface area contributed by atoms with E-state index in [4.69, 9.17) is 0 Å². The van der Waals surface area contributed by atoms with Crippen molar-refractivity contribution in [2.24, 2.45) is 0 Å². The molecule has 5 rings (SSSR count). The molecule has 0 bridgehead atoms. The number of amides is 2. The van der Waals surface area contributed by atoms with Crippen LogP contribution in [0.25, 0.3) is 11.1 Å². The van der Waals surface area contributed by atoms with E-state index in [-0.39, 0.29) is 11.8 Å². The van der Waals surface area contributed by atoms with Gasteiger partial charge in [-0.2, -0.15) is 0 Å². The van der Waals surface area contributed by atoms with E-state index in [0.29, 0.717) is 11.6 Å². The Kier molecular flexibility index (Phi) is 5.53. The predicted octanol–water partition coefficient (Wildman–Crippen LogP) is 3.73. The summed E-state index contributed by atoms with van der Waals surface area (Å²) >= 11 is 0. The molecule has 2 fully saturated rings. The molecule has 2 heterocycles. The number of fused-ring (bicyclic) bond motifs is 1. The van der Waals surface area contributed by atoms with Crippen molar-refractivity contribution in [3.05, 3.63) is 59.2 Å². The summed E-state index contributed by atoms with van der Waals surface area (Å²) in [7, 11) is 1.64. The largest absolute Gasteiger partial charge is 0.355 e. The lowest BCUT2D eigenvalue weighted by Crippen LogP contribution is -2.46. The number of hydrogen-bond acceptors (Lipinski definition) is 3. The first-order valence-electron chi connectivity index (χ1n) is 11.6. The van der Waals surface area contributed by atoms with Crippen molar-refractivity contribution < 1.29 is 9.59 Å². The average molecular weight is 418 g/mol. The van der Waals surface area contributed by atoms with Crippen LogP contribution >= 0.6 is 0 Å². The fourth-order valence-corrected chi connectivity index (χ4v) is 5.62. The lowest BCUT2D eigenvalue weighted by Gasteiger charge is -2.34. The number of benzene rings is 2. The molecule has 31 heavy (non-hydrogen) atoms. The van der Waals surface area contributed by atoms with E-state index in [1.54, 1.807) is 7.05 Å². The summed E-state index contributed by atoms with van der Waals surface area (Å²) in [5, 5.41) is 2.65. The van der Waals surface area contributed by atoms with Gasteiger partial charge in [0.1, 0.15) is 0 Å². The molecule has 0 radical (unpaired) electrons. The highest BCUT2D eigenvalue weighted by molar-refractivity contribution is 5.98. The highest BCUT2D eigenvalue weighted by Crippen LogP contribution is 2.31. The maximum absolute atomic E-state index is 13.3. The molecular weight excluding hydrogens is 386 g/mol. The molecule has 162 valence electrons. The molecule has 2 aromatic carbocycles. The summed E-state index contributed by atoms with van der Waals surface area (Å²) < 4.78 is 0. The van der Waals surface area contributed by atoms with Crippen molar-refractivity contribution in [3.8, 4) is 11.1 Å². The smallest absolute Gasteiger partial charge is 0.254 e. The van der Waals surface area contributed by atoms with Crippen molar-refractivity contribution in [1.29, 1.82) is 0 Å². The van der Waals surface area contributed by atoms with Crippen LogP contribution in [-0.4, -0.2) is 60.4 Å². The van der Waals surface area contributed by atoms with E-state index in [0.717, 1.165) is 60.8 Å². The second-order valence-corrected chi connectivity index (χ2v) is 9.15. The lowest BCUT2D eigenvalue weighted by molar-refractivity contribution is 0.0658. The van der Waals surface area contributed by atoms with Crippen molar-refractivity contribution in [2.45, 2.75) is 50.6 Å². The van der Waals surface area contributed by atoms with Crippen molar-refractivity contribution in [2.75, 3.05) is 26.7 Å². The minimum absolute atomic E-state index is 0.0823. The summed E-state index contributed by atoms with van der Waals surface area (Å²) in [5.74, 6) is 0.113. The molecular formula is C26H31N3O2. The number of carbonyl (C=O) groups is 2. The Morgan fingerprint density at radius 1 is 0.935 bits per heavy atom. The first-order chi connectivity index (χ1) is 15.1. The van der Waals surface area contributed by atoms with E-state index in [9.17, 15) is 9.59 Å². The Hall–Kier alpha value is -2.66. The Morgan fingerprint density at radius 3 is 2.42 bits per heavy atom.